The SMILES string of the molecule is COc1ccccc1NC(=O)N[C@H](C(=O)N(CC(=O)NO)CC1CCC1)C(C)C. The first-order chi connectivity index (χ1) is 13.8. The molecule has 0 spiro atoms. The normalized spacial score (nSPS) is 14.5. The number of nitrogens with one attached hydrogen (secondary N) is 3. The van der Waals surface area contributed by atoms with Gasteiger partial charge in [0.2, 0.25) is 5.91 Å². The molecule has 9 heteroatoms. The minimum Gasteiger partial charge on any atom is -0.495 e. The van der Waals surface area contributed by atoms with Gasteiger partial charge in [-0.15, -0.1) is 0 Å². The number of methoxy groups -OCH3 is 1. The Kier molecular flexibility index (Phi) is 8.26. The Morgan fingerprint density at radius 2 is 1.93 bits per heavy atom. The third kappa shape index (κ3) is 6.35. The maximum absolute atomic E-state index is 13.1. The van der Waals surface area contributed by atoms with Crippen molar-refractivity contribution < 1.29 is 24.3 Å². The fourth-order valence-electron chi connectivity index (χ4n) is 3.19. The third-order valence-electron chi connectivity index (χ3n) is 5.05. The van der Waals surface area contributed by atoms with Gasteiger partial charge < -0.3 is 20.3 Å². The number of rotatable bonds is 9. The lowest BCUT2D eigenvalue weighted by Gasteiger charge is -2.35. The summed E-state index contributed by atoms with van der Waals surface area (Å²) in [6, 6.07) is 5.59. The van der Waals surface area contributed by atoms with E-state index in [4.69, 9.17) is 9.94 Å². The molecule has 0 bridgehead atoms. The van der Waals surface area contributed by atoms with Gasteiger partial charge in [0.1, 0.15) is 18.3 Å². The molecule has 0 unspecified atom stereocenters. The molecular weight excluding hydrogens is 376 g/mol. The number of urea groups is 1. The van der Waals surface area contributed by atoms with Crippen molar-refractivity contribution in [3.05, 3.63) is 24.3 Å². The van der Waals surface area contributed by atoms with Crippen LogP contribution in [0.15, 0.2) is 24.3 Å². The Bertz CT molecular complexity index is 721. The van der Waals surface area contributed by atoms with E-state index >= 15 is 0 Å². The molecule has 0 radical (unpaired) electrons. The zero-order valence-electron chi connectivity index (χ0n) is 17.1. The third-order valence-corrected chi connectivity index (χ3v) is 5.05. The zero-order chi connectivity index (χ0) is 21.4. The Labute approximate surface area is 170 Å². The van der Waals surface area contributed by atoms with Gasteiger partial charge in [0.25, 0.3) is 5.91 Å². The number of para-hydroxylation sites is 2. The van der Waals surface area contributed by atoms with Crippen LogP contribution in [0.4, 0.5) is 10.5 Å². The molecule has 160 valence electrons. The lowest BCUT2D eigenvalue weighted by Crippen LogP contribution is -2.55. The molecule has 1 aliphatic carbocycles. The average Bonchev–Trinajstić information content (AvgIpc) is 2.67. The molecular formula is C20H30N4O5. The second kappa shape index (κ2) is 10.7. The quantitative estimate of drug-likeness (QED) is 0.369. The predicted molar refractivity (Wildman–Crippen MR) is 108 cm³/mol. The van der Waals surface area contributed by atoms with Gasteiger partial charge in [-0.05, 0) is 36.8 Å². The summed E-state index contributed by atoms with van der Waals surface area (Å²) in [7, 11) is 1.50. The monoisotopic (exact) mass is 406 g/mol. The lowest BCUT2D eigenvalue weighted by molar-refractivity contribution is -0.142. The van der Waals surface area contributed by atoms with Gasteiger partial charge in [0.15, 0.2) is 0 Å². The minimum absolute atomic E-state index is 0.202. The smallest absolute Gasteiger partial charge is 0.320 e. The maximum Gasteiger partial charge on any atom is 0.320 e. The highest BCUT2D eigenvalue weighted by Crippen LogP contribution is 2.27. The lowest BCUT2D eigenvalue weighted by atomic mass is 9.85. The summed E-state index contributed by atoms with van der Waals surface area (Å²) in [6.07, 6.45) is 3.10. The van der Waals surface area contributed by atoms with Gasteiger partial charge in [0.05, 0.1) is 12.8 Å². The number of carbonyl (C=O) groups is 3. The van der Waals surface area contributed by atoms with Gasteiger partial charge in [-0.3, -0.25) is 14.8 Å². The van der Waals surface area contributed by atoms with Crippen molar-refractivity contribution in [2.75, 3.05) is 25.5 Å². The second-order valence-electron chi connectivity index (χ2n) is 7.57. The molecule has 0 aromatic heterocycles. The molecule has 4 amide bonds. The number of hydrogen-bond acceptors (Lipinski definition) is 5. The first-order valence-corrected chi connectivity index (χ1v) is 9.78. The molecule has 9 nitrogen and oxygen atoms in total. The maximum atomic E-state index is 13.1. The molecule has 1 aromatic rings. The van der Waals surface area contributed by atoms with Crippen LogP contribution in [-0.4, -0.2) is 54.2 Å². The van der Waals surface area contributed by atoms with E-state index in [1.165, 1.54) is 12.0 Å². The van der Waals surface area contributed by atoms with E-state index in [0.717, 1.165) is 19.3 Å². The van der Waals surface area contributed by atoms with Crippen LogP contribution in [0.2, 0.25) is 0 Å². The van der Waals surface area contributed by atoms with E-state index in [1.807, 2.05) is 13.8 Å². The number of hydrogen-bond donors (Lipinski definition) is 4. The Morgan fingerprint density at radius 3 is 2.48 bits per heavy atom. The Hall–Kier alpha value is -2.81. The molecule has 0 aliphatic heterocycles. The van der Waals surface area contributed by atoms with Crippen LogP contribution < -0.4 is 20.9 Å². The van der Waals surface area contributed by atoms with E-state index in [1.54, 1.807) is 29.7 Å². The number of nitrogens with zero attached hydrogens (tertiary/aromatic N) is 1. The molecule has 29 heavy (non-hydrogen) atoms. The summed E-state index contributed by atoms with van der Waals surface area (Å²) >= 11 is 0. The topological polar surface area (TPSA) is 120 Å². The minimum atomic E-state index is -0.823. The highest BCUT2D eigenvalue weighted by Gasteiger charge is 2.32. The molecule has 2 rings (SSSR count). The van der Waals surface area contributed by atoms with Gasteiger partial charge in [0, 0.05) is 6.54 Å². The molecule has 1 atom stereocenters. The number of ether oxygens (including phenoxy) is 1. The van der Waals surface area contributed by atoms with Crippen LogP contribution >= 0.6 is 0 Å². The standard InChI is InChI=1S/C20H30N4O5/c1-13(2)18(22-20(27)21-15-9-4-5-10-16(15)29-3)19(26)24(12-17(25)23-28)11-14-7-6-8-14/h4-5,9-10,13-14,18,28H,6-8,11-12H2,1-3H3,(H,23,25)(H2,21,22,27)/t18-/m0/s1. The van der Waals surface area contributed by atoms with E-state index in [9.17, 15) is 14.4 Å². The Balaban J connectivity index is 2.09. The van der Waals surface area contributed by atoms with E-state index < -0.39 is 18.0 Å². The van der Waals surface area contributed by atoms with Gasteiger partial charge >= 0.3 is 6.03 Å². The summed E-state index contributed by atoms with van der Waals surface area (Å²) in [5.41, 5.74) is 2.05. The van der Waals surface area contributed by atoms with Crippen molar-refractivity contribution in [2.24, 2.45) is 11.8 Å². The van der Waals surface area contributed by atoms with Gasteiger partial charge in [-0.2, -0.15) is 0 Å². The molecule has 0 heterocycles. The molecule has 1 fully saturated rings. The summed E-state index contributed by atoms with van der Waals surface area (Å²) in [5, 5.41) is 14.2. The largest absolute Gasteiger partial charge is 0.495 e. The first-order valence-electron chi connectivity index (χ1n) is 9.78. The number of hydroxylamine groups is 1. The average molecular weight is 406 g/mol. The second-order valence-corrected chi connectivity index (χ2v) is 7.57. The Morgan fingerprint density at radius 1 is 1.24 bits per heavy atom. The van der Waals surface area contributed by atoms with Gasteiger partial charge in [-0.25, -0.2) is 10.3 Å². The molecule has 1 saturated carbocycles. The fraction of sp³-hybridized carbons (Fsp3) is 0.550. The van der Waals surface area contributed by atoms with Gasteiger partial charge in [-0.1, -0.05) is 32.4 Å². The summed E-state index contributed by atoms with van der Waals surface area (Å²) in [5.74, 6) is -0.390. The van der Waals surface area contributed by atoms with Crippen LogP contribution in [0.25, 0.3) is 0 Å². The highest BCUT2D eigenvalue weighted by atomic mass is 16.5. The highest BCUT2D eigenvalue weighted by molar-refractivity contribution is 5.95. The van der Waals surface area contributed by atoms with E-state index in [2.05, 4.69) is 10.6 Å². The summed E-state index contributed by atoms with van der Waals surface area (Å²) < 4.78 is 5.22. The molecule has 4 N–H and O–H groups in total. The summed E-state index contributed by atoms with van der Waals surface area (Å²) in [6.45, 7) is 3.80. The van der Waals surface area contributed by atoms with E-state index in [-0.39, 0.29) is 18.4 Å². The van der Waals surface area contributed by atoms with Crippen LogP contribution in [0, 0.1) is 11.8 Å². The number of benzene rings is 1. The van der Waals surface area contributed by atoms with Crippen molar-refractivity contribution in [1.29, 1.82) is 0 Å². The molecule has 1 aromatic carbocycles. The van der Waals surface area contributed by atoms with E-state index in [0.29, 0.717) is 23.9 Å². The fourth-order valence-corrected chi connectivity index (χ4v) is 3.19. The number of amides is 4. The van der Waals surface area contributed by atoms with Crippen molar-refractivity contribution in [3.63, 3.8) is 0 Å². The number of carbonyl (C=O) groups excluding carboxylic acids is 3. The van der Waals surface area contributed by atoms with Crippen LogP contribution in [-0.2, 0) is 9.59 Å². The molecule has 1 aliphatic rings. The van der Waals surface area contributed by atoms with Crippen molar-refractivity contribution in [3.8, 4) is 5.75 Å². The number of anilines is 1. The van der Waals surface area contributed by atoms with Crippen LogP contribution in [0.5, 0.6) is 5.75 Å². The van der Waals surface area contributed by atoms with Crippen molar-refractivity contribution >= 4 is 23.5 Å². The zero-order valence-corrected chi connectivity index (χ0v) is 17.1. The predicted octanol–water partition coefficient (Wildman–Crippen LogP) is 1.98. The van der Waals surface area contributed by atoms with Crippen LogP contribution in [0.3, 0.4) is 0 Å². The summed E-state index contributed by atoms with van der Waals surface area (Å²) in [4.78, 5) is 38.7. The first kappa shape index (κ1) is 22.5. The molecule has 0 saturated heterocycles. The van der Waals surface area contributed by atoms with Crippen LogP contribution in [0.1, 0.15) is 33.1 Å². The van der Waals surface area contributed by atoms with Crippen molar-refractivity contribution in [1.82, 2.24) is 15.7 Å². The van der Waals surface area contributed by atoms with Crippen molar-refractivity contribution in [2.45, 2.75) is 39.2 Å².